The third-order valence-electron chi connectivity index (χ3n) is 5.74. The number of rotatable bonds is 4. The number of nitrogens with zero attached hydrogens (tertiary/aromatic N) is 1. The summed E-state index contributed by atoms with van der Waals surface area (Å²) in [5.74, 6) is -0.104. The van der Waals surface area contributed by atoms with Gasteiger partial charge in [0.15, 0.2) is 11.5 Å². The predicted octanol–water partition coefficient (Wildman–Crippen LogP) is 4.76. The number of ketones is 1. The zero-order valence-corrected chi connectivity index (χ0v) is 17.6. The van der Waals surface area contributed by atoms with E-state index in [9.17, 15) is 14.7 Å². The molecule has 1 fully saturated rings. The molecule has 0 bridgehead atoms. The van der Waals surface area contributed by atoms with Crippen LogP contribution >= 0.6 is 0 Å². The standard InChI is InChI=1S/C25H21NO6/c1-14(2)15-5-8-17(9-6-15)26-22(19-4-3-11-30-19)21(24(28)25(26)29)23(27)16-7-10-18-20(12-16)32-13-31-18/h3-12,14,22,27H,13H2,1-2H3/b23-21-. The van der Waals surface area contributed by atoms with Crippen molar-refractivity contribution in [2.45, 2.75) is 25.8 Å². The normalized spacial score (nSPS) is 19.2. The van der Waals surface area contributed by atoms with Gasteiger partial charge in [0.1, 0.15) is 17.6 Å². The third-order valence-corrected chi connectivity index (χ3v) is 5.74. The van der Waals surface area contributed by atoms with Crippen molar-refractivity contribution in [3.05, 3.63) is 83.3 Å². The number of aliphatic hydroxyl groups is 1. The molecule has 1 N–H and O–H groups in total. The summed E-state index contributed by atoms with van der Waals surface area (Å²) in [4.78, 5) is 27.6. The van der Waals surface area contributed by atoms with Crippen molar-refractivity contribution in [3.63, 3.8) is 0 Å². The molecular weight excluding hydrogens is 410 g/mol. The van der Waals surface area contributed by atoms with Gasteiger partial charge in [-0.3, -0.25) is 14.5 Å². The van der Waals surface area contributed by atoms with Crippen molar-refractivity contribution in [1.29, 1.82) is 0 Å². The maximum Gasteiger partial charge on any atom is 0.300 e. The predicted molar refractivity (Wildman–Crippen MR) is 117 cm³/mol. The minimum Gasteiger partial charge on any atom is -0.507 e. The Morgan fingerprint density at radius 3 is 2.47 bits per heavy atom. The van der Waals surface area contributed by atoms with Crippen LogP contribution in [0.1, 0.15) is 42.7 Å². The smallest absolute Gasteiger partial charge is 0.300 e. The Bertz CT molecular complexity index is 1220. The van der Waals surface area contributed by atoms with Crippen LogP contribution in [0.15, 0.2) is 70.9 Å². The number of amides is 1. The van der Waals surface area contributed by atoms with Crippen LogP contribution in [0.3, 0.4) is 0 Å². The molecule has 0 aliphatic carbocycles. The lowest BCUT2D eigenvalue weighted by Gasteiger charge is -2.23. The van der Waals surface area contributed by atoms with E-state index in [0.29, 0.717) is 34.4 Å². The number of benzene rings is 2. The summed E-state index contributed by atoms with van der Waals surface area (Å²) in [5, 5.41) is 11.1. The maximum atomic E-state index is 13.1. The van der Waals surface area contributed by atoms with Gasteiger partial charge in [0, 0.05) is 11.3 Å². The van der Waals surface area contributed by atoms with Gasteiger partial charge in [0.25, 0.3) is 11.7 Å². The number of Topliss-reactive ketones (excluding diaryl/α,β-unsaturated/α-hetero) is 1. The van der Waals surface area contributed by atoms with E-state index < -0.39 is 17.7 Å². The summed E-state index contributed by atoms with van der Waals surface area (Å²) >= 11 is 0. The van der Waals surface area contributed by atoms with Crippen LogP contribution in [0.2, 0.25) is 0 Å². The van der Waals surface area contributed by atoms with Gasteiger partial charge in [0.05, 0.1) is 11.8 Å². The molecule has 2 aromatic carbocycles. The second-order valence-electron chi connectivity index (χ2n) is 8.00. The molecule has 32 heavy (non-hydrogen) atoms. The number of aliphatic hydroxyl groups excluding tert-OH is 1. The first kappa shape index (κ1) is 19.9. The van der Waals surface area contributed by atoms with E-state index >= 15 is 0 Å². The Kier molecular flexibility index (Phi) is 4.74. The van der Waals surface area contributed by atoms with Gasteiger partial charge in [-0.1, -0.05) is 26.0 Å². The van der Waals surface area contributed by atoms with Crippen LogP contribution in [0, 0.1) is 0 Å². The zero-order chi connectivity index (χ0) is 22.4. The Labute approximate surface area is 184 Å². The first-order valence-corrected chi connectivity index (χ1v) is 10.3. The molecular formula is C25H21NO6. The summed E-state index contributed by atoms with van der Waals surface area (Å²) in [6, 6.07) is 14.8. The summed E-state index contributed by atoms with van der Waals surface area (Å²) in [5.41, 5.74) is 1.96. The van der Waals surface area contributed by atoms with Crippen LogP contribution in [0.5, 0.6) is 11.5 Å². The number of hydrogen-bond donors (Lipinski definition) is 1. The van der Waals surface area contributed by atoms with Gasteiger partial charge >= 0.3 is 0 Å². The average molecular weight is 431 g/mol. The lowest BCUT2D eigenvalue weighted by Crippen LogP contribution is -2.29. The van der Waals surface area contributed by atoms with Gasteiger partial charge in [-0.2, -0.15) is 0 Å². The third kappa shape index (κ3) is 3.13. The summed E-state index contributed by atoms with van der Waals surface area (Å²) in [7, 11) is 0. The second kappa shape index (κ2) is 7.60. The molecule has 0 spiro atoms. The topological polar surface area (TPSA) is 89.2 Å². The minimum atomic E-state index is -0.902. The van der Waals surface area contributed by atoms with Crippen molar-refractivity contribution >= 4 is 23.1 Å². The number of fused-ring (bicyclic) bond motifs is 1. The van der Waals surface area contributed by atoms with Crippen LogP contribution < -0.4 is 14.4 Å². The van der Waals surface area contributed by atoms with Crippen molar-refractivity contribution < 1.29 is 28.6 Å². The molecule has 1 aromatic heterocycles. The van der Waals surface area contributed by atoms with E-state index in [1.54, 1.807) is 42.5 Å². The minimum absolute atomic E-state index is 0.0447. The van der Waals surface area contributed by atoms with Gasteiger partial charge in [-0.25, -0.2) is 0 Å². The highest BCUT2D eigenvalue weighted by molar-refractivity contribution is 6.51. The fourth-order valence-electron chi connectivity index (χ4n) is 4.03. The fourth-order valence-corrected chi connectivity index (χ4v) is 4.03. The van der Waals surface area contributed by atoms with Crippen LogP contribution in [-0.4, -0.2) is 23.6 Å². The number of carbonyl (C=O) groups is 2. The number of ether oxygens (including phenoxy) is 2. The Morgan fingerprint density at radius 1 is 1.03 bits per heavy atom. The maximum absolute atomic E-state index is 13.1. The molecule has 0 saturated carbocycles. The second-order valence-corrected chi connectivity index (χ2v) is 8.00. The summed E-state index contributed by atoms with van der Waals surface area (Å²) in [6.45, 7) is 4.24. The molecule has 3 aromatic rings. The monoisotopic (exact) mass is 431 g/mol. The van der Waals surface area contributed by atoms with Crippen molar-refractivity contribution in [2.75, 3.05) is 11.7 Å². The Morgan fingerprint density at radius 2 is 1.78 bits per heavy atom. The molecule has 0 radical (unpaired) electrons. The van der Waals surface area contributed by atoms with Gasteiger partial charge in [0.2, 0.25) is 6.79 Å². The molecule has 1 unspecified atom stereocenters. The first-order valence-electron chi connectivity index (χ1n) is 10.3. The van der Waals surface area contributed by atoms with E-state index in [4.69, 9.17) is 13.9 Å². The quantitative estimate of drug-likeness (QED) is 0.364. The highest BCUT2D eigenvalue weighted by atomic mass is 16.7. The molecule has 3 heterocycles. The van der Waals surface area contributed by atoms with E-state index in [1.165, 1.54) is 11.2 Å². The average Bonchev–Trinajstić information content (AvgIpc) is 3.53. The Balaban J connectivity index is 1.64. The number of anilines is 1. The molecule has 1 atom stereocenters. The van der Waals surface area contributed by atoms with Gasteiger partial charge in [-0.05, 0) is 53.9 Å². The number of hydrogen-bond acceptors (Lipinski definition) is 6. The van der Waals surface area contributed by atoms with E-state index in [0.717, 1.165) is 5.56 Å². The SMILES string of the molecule is CC(C)c1ccc(N2C(=O)C(=O)/C(=C(\O)c3ccc4c(c3)OCO4)C2c2ccco2)cc1. The molecule has 1 saturated heterocycles. The fraction of sp³-hybridized carbons (Fsp3) is 0.200. The van der Waals surface area contributed by atoms with Gasteiger partial charge < -0.3 is 19.0 Å². The van der Waals surface area contributed by atoms with E-state index in [1.807, 2.05) is 12.1 Å². The van der Waals surface area contributed by atoms with Crippen LogP contribution in [0.25, 0.3) is 5.76 Å². The van der Waals surface area contributed by atoms with Crippen LogP contribution in [0.4, 0.5) is 5.69 Å². The molecule has 2 aliphatic heterocycles. The number of carbonyl (C=O) groups excluding carboxylic acids is 2. The number of furan rings is 1. The van der Waals surface area contributed by atoms with Gasteiger partial charge in [-0.15, -0.1) is 0 Å². The first-order chi connectivity index (χ1) is 15.5. The van der Waals surface area contributed by atoms with Crippen molar-refractivity contribution in [2.24, 2.45) is 0 Å². The van der Waals surface area contributed by atoms with Crippen LogP contribution in [-0.2, 0) is 9.59 Å². The lowest BCUT2D eigenvalue weighted by molar-refractivity contribution is -0.132. The lowest BCUT2D eigenvalue weighted by atomic mass is 9.98. The highest BCUT2D eigenvalue weighted by Gasteiger charge is 2.48. The molecule has 5 rings (SSSR count). The summed E-state index contributed by atoms with van der Waals surface area (Å²) < 4.78 is 16.3. The summed E-state index contributed by atoms with van der Waals surface area (Å²) in [6.07, 6.45) is 1.47. The molecule has 1 amide bonds. The molecule has 7 heteroatoms. The molecule has 2 aliphatic rings. The highest BCUT2D eigenvalue weighted by Crippen LogP contribution is 2.43. The largest absolute Gasteiger partial charge is 0.507 e. The molecule has 7 nitrogen and oxygen atoms in total. The van der Waals surface area contributed by atoms with E-state index in [2.05, 4.69) is 13.8 Å². The van der Waals surface area contributed by atoms with Crippen molar-refractivity contribution in [1.82, 2.24) is 0 Å². The van der Waals surface area contributed by atoms with Crippen molar-refractivity contribution in [3.8, 4) is 11.5 Å². The van der Waals surface area contributed by atoms with E-state index in [-0.39, 0.29) is 18.1 Å². The zero-order valence-electron chi connectivity index (χ0n) is 17.6. The molecule has 162 valence electrons. The Hall–Kier alpha value is -4.00.